The molecule has 2 aromatic carbocycles. The van der Waals surface area contributed by atoms with Crippen LogP contribution in [0.15, 0.2) is 54.7 Å². The lowest BCUT2D eigenvalue weighted by atomic mass is 10.0. The Morgan fingerprint density at radius 3 is 2.48 bits per heavy atom. The molecule has 27 heavy (non-hydrogen) atoms. The molecular formula is C23H28FN3. The number of piperidine rings is 1. The number of nitrogens with one attached hydrogen (secondary N) is 1. The molecule has 1 N–H and O–H groups in total. The quantitative estimate of drug-likeness (QED) is 0.700. The predicted octanol–water partition coefficient (Wildman–Crippen LogP) is 4.38. The third-order valence-corrected chi connectivity index (χ3v) is 5.75. The summed E-state index contributed by atoms with van der Waals surface area (Å²) < 4.78 is 15.5. The monoisotopic (exact) mass is 365 g/mol. The molecule has 0 atom stereocenters. The van der Waals surface area contributed by atoms with E-state index in [1.807, 2.05) is 19.2 Å². The summed E-state index contributed by atoms with van der Waals surface area (Å²) in [5.74, 6) is -0.156. The smallest absolute Gasteiger partial charge is 0.123 e. The standard InChI is InChI=1S/C23H28FN3/c1-25-17-19-2-5-20-9-15-27(23(20)16-19)22-10-13-26(14-11-22)12-8-18-3-6-21(24)7-4-18/h2-7,9,15-16,22,25H,8,10-14,17H2,1H3. The van der Waals surface area contributed by atoms with Crippen molar-refractivity contribution >= 4 is 10.9 Å². The molecule has 4 heteroatoms. The van der Waals surface area contributed by atoms with Gasteiger partial charge in [0.1, 0.15) is 5.82 Å². The predicted molar refractivity (Wildman–Crippen MR) is 110 cm³/mol. The van der Waals surface area contributed by atoms with Crippen LogP contribution >= 0.6 is 0 Å². The fraction of sp³-hybridized carbons (Fsp3) is 0.391. The zero-order valence-corrected chi connectivity index (χ0v) is 16.0. The maximum absolute atomic E-state index is 13.0. The summed E-state index contributed by atoms with van der Waals surface area (Å²) in [6, 6.07) is 16.5. The Hall–Kier alpha value is -2.17. The van der Waals surface area contributed by atoms with Gasteiger partial charge in [0.2, 0.25) is 0 Å². The highest BCUT2D eigenvalue weighted by Crippen LogP contribution is 2.28. The molecule has 3 nitrogen and oxygen atoms in total. The van der Waals surface area contributed by atoms with Crippen molar-refractivity contribution in [2.75, 3.05) is 26.7 Å². The van der Waals surface area contributed by atoms with Crippen molar-refractivity contribution in [1.29, 1.82) is 0 Å². The second-order valence-electron chi connectivity index (χ2n) is 7.60. The summed E-state index contributed by atoms with van der Waals surface area (Å²) in [5, 5.41) is 4.57. The van der Waals surface area contributed by atoms with E-state index in [9.17, 15) is 4.39 Å². The largest absolute Gasteiger partial charge is 0.344 e. The Labute approximate surface area is 160 Å². The number of rotatable bonds is 6. The fourth-order valence-corrected chi connectivity index (χ4v) is 4.19. The zero-order chi connectivity index (χ0) is 18.6. The van der Waals surface area contributed by atoms with Gasteiger partial charge < -0.3 is 14.8 Å². The number of hydrogen-bond donors (Lipinski definition) is 1. The van der Waals surface area contributed by atoms with E-state index in [2.05, 4.69) is 45.2 Å². The molecular weight excluding hydrogens is 337 g/mol. The number of aromatic nitrogens is 1. The molecule has 1 saturated heterocycles. The van der Waals surface area contributed by atoms with E-state index in [1.165, 1.54) is 34.9 Å². The fourth-order valence-electron chi connectivity index (χ4n) is 4.19. The molecule has 1 aromatic heterocycles. The Balaban J connectivity index is 1.36. The molecule has 0 saturated carbocycles. The number of likely N-dealkylation sites (tertiary alicyclic amines) is 1. The van der Waals surface area contributed by atoms with Crippen LogP contribution in [0.4, 0.5) is 4.39 Å². The second kappa shape index (κ2) is 8.24. The van der Waals surface area contributed by atoms with Crippen molar-refractivity contribution in [2.24, 2.45) is 0 Å². The van der Waals surface area contributed by atoms with Crippen LogP contribution in [-0.4, -0.2) is 36.1 Å². The minimum atomic E-state index is -0.156. The molecule has 4 rings (SSSR count). The molecule has 0 unspecified atom stereocenters. The highest BCUT2D eigenvalue weighted by molar-refractivity contribution is 5.81. The first kappa shape index (κ1) is 18.2. The molecule has 0 radical (unpaired) electrons. The van der Waals surface area contributed by atoms with E-state index in [0.29, 0.717) is 6.04 Å². The Morgan fingerprint density at radius 2 is 1.74 bits per heavy atom. The first-order chi connectivity index (χ1) is 13.2. The average Bonchev–Trinajstić information content (AvgIpc) is 3.11. The van der Waals surface area contributed by atoms with Gasteiger partial charge >= 0.3 is 0 Å². The Kier molecular flexibility index (Phi) is 5.55. The van der Waals surface area contributed by atoms with Gasteiger partial charge in [0.05, 0.1) is 0 Å². The lowest BCUT2D eigenvalue weighted by Gasteiger charge is -2.33. The number of benzene rings is 2. The second-order valence-corrected chi connectivity index (χ2v) is 7.60. The average molecular weight is 365 g/mol. The number of nitrogens with zero attached hydrogens (tertiary/aromatic N) is 2. The zero-order valence-electron chi connectivity index (χ0n) is 16.0. The molecule has 0 spiro atoms. The van der Waals surface area contributed by atoms with E-state index in [4.69, 9.17) is 0 Å². The summed E-state index contributed by atoms with van der Waals surface area (Å²) in [6.07, 6.45) is 5.62. The van der Waals surface area contributed by atoms with Gasteiger partial charge in [-0.2, -0.15) is 0 Å². The van der Waals surface area contributed by atoms with E-state index in [1.54, 1.807) is 12.1 Å². The number of fused-ring (bicyclic) bond motifs is 1. The molecule has 0 bridgehead atoms. The summed E-state index contributed by atoms with van der Waals surface area (Å²) in [5.41, 5.74) is 3.90. The molecule has 3 aromatic rings. The molecule has 1 fully saturated rings. The number of halogens is 1. The van der Waals surface area contributed by atoms with Gasteiger partial charge in [0.15, 0.2) is 0 Å². The highest BCUT2D eigenvalue weighted by Gasteiger charge is 2.21. The molecule has 2 heterocycles. The van der Waals surface area contributed by atoms with Gasteiger partial charge in [-0.3, -0.25) is 0 Å². The number of hydrogen-bond acceptors (Lipinski definition) is 2. The van der Waals surface area contributed by atoms with Crippen LogP contribution in [0.25, 0.3) is 10.9 Å². The van der Waals surface area contributed by atoms with Crippen LogP contribution in [0.2, 0.25) is 0 Å². The lowest BCUT2D eigenvalue weighted by molar-refractivity contribution is 0.190. The first-order valence-electron chi connectivity index (χ1n) is 9.94. The van der Waals surface area contributed by atoms with Gasteiger partial charge in [-0.1, -0.05) is 24.3 Å². The van der Waals surface area contributed by atoms with Crippen molar-refractivity contribution in [3.8, 4) is 0 Å². The van der Waals surface area contributed by atoms with Gasteiger partial charge in [0.25, 0.3) is 0 Å². The third kappa shape index (κ3) is 4.23. The van der Waals surface area contributed by atoms with E-state index < -0.39 is 0 Å². The van der Waals surface area contributed by atoms with Gasteiger partial charge in [-0.15, -0.1) is 0 Å². The van der Waals surface area contributed by atoms with E-state index in [0.717, 1.165) is 32.6 Å². The minimum Gasteiger partial charge on any atom is -0.344 e. The molecule has 1 aliphatic heterocycles. The SMILES string of the molecule is CNCc1ccc2ccn(C3CCN(CCc4ccc(F)cc4)CC3)c2c1. The summed E-state index contributed by atoms with van der Waals surface area (Å²) in [7, 11) is 1.99. The van der Waals surface area contributed by atoms with Crippen LogP contribution in [0.1, 0.15) is 30.0 Å². The van der Waals surface area contributed by atoms with Crippen LogP contribution in [0, 0.1) is 5.82 Å². The topological polar surface area (TPSA) is 20.2 Å². The van der Waals surface area contributed by atoms with Crippen LogP contribution < -0.4 is 5.32 Å². The summed E-state index contributed by atoms with van der Waals surface area (Å²) in [6.45, 7) is 4.21. The van der Waals surface area contributed by atoms with Crippen molar-refractivity contribution in [3.05, 3.63) is 71.7 Å². The molecule has 142 valence electrons. The van der Waals surface area contributed by atoms with E-state index >= 15 is 0 Å². The van der Waals surface area contributed by atoms with Crippen molar-refractivity contribution in [2.45, 2.75) is 31.8 Å². The van der Waals surface area contributed by atoms with Crippen LogP contribution in [0.5, 0.6) is 0 Å². The Bertz CT molecular complexity index is 876. The van der Waals surface area contributed by atoms with Crippen molar-refractivity contribution < 1.29 is 4.39 Å². The lowest BCUT2D eigenvalue weighted by Crippen LogP contribution is -2.35. The van der Waals surface area contributed by atoms with Crippen molar-refractivity contribution in [1.82, 2.24) is 14.8 Å². The summed E-state index contributed by atoms with van der Waals surface area (Å²) in [4.78, 5) is 2.54. The third-order valence-electron chi connectivity index (χ3n) is 5.75. The summed E-state index contributed by atoms with van der Waals surface area (Å²) >= 11 is 0. The molecule has 0 amide bonds. The molecule has 0 aliphatic carbocycles. The molecule has 1 aliphatic rings. The minimum absolute atomic E-state index is 0.156. The van der Waals surface area contributed by atoms with Crippen molar-refractivity contribution in [3.63, 3.8) is 0 Å². The maximum Gasteiger partial charge on any atom is 0.123 e. The Morgan fingerprint density at radius 1 is 1.00 bits per heavy atom. The van der Waals surface area contributed by atoms with Crippen LogP contribution in [0.3, 0.4) is 0 Å². The van der Waals surface area contributed by atoms with Gasteiger partial charge in [-0.25, -0.2) is 4.39 Å². The highest BCUT2D eigenvalue weighted by atomic mass is 19.1. The maximum atomic E-state index is 13.0. The van der Waals surface area contributed by atoms with Crippen LogP contribution in [-0.2, 0) is 13.0 Å². The van der Waals surface area contributed by atoms with E-state index in [-0.39, 0.29) is 5.82 Å². The van der Waals surface area contributed by atoms with Gasteiger partial charge in [-0.05, 0) is 67.1 Å². The first-order valence-corrected chi connectivity index (χ1v) is 9.94. The normalized spacial score (nSPS) is 16.2. The van der Waals surface area contributed by atoms with Gasteiger partial charge in [0, 0.05) is 43.9 Å².